The fourth-order valence-corrected chi connectivity index (χ4v) is 2.11. The molecule has 0 spiro atoms. The van der Waals surface area contributed by atoms with Gasteiger partial charge < -0.3 is 5.32 Å². The molecule has 1 radical (unpaired) electrons. The van der Waals surface area contributed by atoms with E-state index < -0.39 is 0 Å². The highest BCUT2D eigenvalue weighted by Crippen LogP contribution is 2.36. The first-order valence-electron chi connectivity index (χ1n) is 5.22. The molecule has 2 nitrogen and oxygen atoms in total. The smallest absolute Gasteiger partial charge is 0.130 e. The number of pyridine rings is 1. The molecule has 1 N–H and O–H groups in total. The fraction of sp³-hybridized carbons (Fsp3) is 0.308. The highest BCUT2D eigenvalue weighted by molar-refractivity contribution is 5.82. The Kier molecular flexibility index (Phi) is 1.58. The zero-order chi connectivity index (χ0) is 10.5. The molecule has 75 valence electrons. The van der Waals surface area contributed by atoms with Crippen LogP contribution in [0.2, 0.25) is 0 Å². The molecule has 0 fully saturated rings. The summed E-state index contributed by atoms with van der Waals surface area (Å²) in [6.45, 7) is 5.46. The van der Waals surface area contributed by atoms with Gasteiger partial charge in [0.05, 0.1) is 5.52 Å². The molecule has 3 rings (SSSR count). The minimum atomic E-state index is 0.191. The molecule has 1 aliphatic rings. The Bertz CT molecular complexity index is 529. The lowest BCUT2D eigenvalue weighted by Crippen LogP contribution is -2.18. The number of hydrogen-bond donors (Lipinski definition) is 1. The van der Waals surface area contributed by atoms with Crippen LogP contribution in [0.15, 0.2) is 24.3 Å². The molecule has 0 unspecified atom stereocenters. The molecule has 0 bridgehead atoms. The minimum Gasteiger partial charge on any atom is -0.369 e. The number of rotatable bonds is 0. The van der Waals surface area contributed by atoms with Crippen molar-refractivity contribution in [3.8, 4) is 0 Å². The Balaban J connectivity index is 2.33. The third kappa shape index (κ3) is 1.21. The maximum absolute atomic E-state index is 4.61. The Morgan fingerprint density at radius 3 is 3.20 bits per heavy atom. The Hall–Kier alpha value is -1.57. The van der Waals surface area contributed by atoms with E-state index in [-0.39, 0.29) is 5.41 Å². The van der Waals surface area contributed by atoms with E-state index in [0.29, 0.717) is 0 Å². The van der Waals surface area contributed by atoms with Gasteiger partial charge in [-0.25, -0.2) is 4.98 Å². The van der Waals surface area contributed by atoms with Crippen molar-refractivity contribution in [2.75, 3.05) is 11.9 Å². The predicted octanol–water partition coefficient (Wildman–Crippen LogP) is 2.74. The zero-order valence-corrected chi connectivity index (χ0v) is 8.96. The van der Waals surface area contributed by atoms with Crippen molar-refractivity contribution < 1.29 is 0 Å². The number of fused-ring (bicyclic) bond motifs is 2. The molecule has 1 aromatic heterocycles. The highest BCUT2D eigenvalue weighted by atomic mass is 15.0. The van der Waals surface area contributed by atoms with E-state index in [1.165, 1.54) is 10.9 Å². The number of nitrogens with one attached hydrogen (secondary N) is 1. The van der Waals surface area contributed by atoms with E-state index in [1.54, 1.807) is 0 Å². The van der Waals surface area contributed by atoms with Gasteiger partial charge >= 0.3 is 0 Å². The summed E-state index contributed by atoms with van der Waals surface area (Å²) < 4.78 is 0. The number of anilines is 1. The van der Waals surface area contributed by atoms with Crippen LogP contribution in [-0.4, -0.2) is 11.5 Å². The Morgan fingerprint density at radius 2 is 2.33 bits per heavy atom. The molecule has 2 heterocycles. The predicted molar refractivity (Wildman–Crippen MR) is 62.1 cm³/mol. The summed E-state index contributed by atoms with van der Waals surface area (Å²) in [5, 5.41) is 4.56. The lowest BCUT2D eigenvalue weighted by Gasteiger charge is -2.16. The van der Waals surface area contributed by atoms with Crippen LogP contribution in [0.1, 0.15) is 19.4 Å². The summed E-state index contributed by atoms with van der Waals surface area (Å²) in [7, 11) is 0. The van der Waals surface area contributed by atoms with Gasteiger partial charge in [0.2, 0.25) is 0 Å². The number of aromatic nitrogens is 1. The molecule has 1 aliphatic heterocycles. The monoisotopic (exact) mass is 197 g/mol. The van der Waals surface area contributed by atoms with Gasteiger partial charge in [0.25, 0.3) is 0 Å². The topological polar surface area (TPSA) is 24.9 Å². The minimum absolute atomic E-state index is 0.191. The van der Waals surface area contributed by atoms with Gasteiger partial charge in [-0.3, -0.25) is 0 Å². The molecular weight excluding hydrogens is 184 g/mol. The van der Waals surface area contributed by atoms with Crippen molar-refractivity contribution in [3.63, 3.8) is 0 Å². The third-order valence-corrected chi connectivity index (χ3v) is 3.09. The quantitative estimate of drug-likeness (QED) is 0.702. The van der Waals surface area contributed by atoms with Crippen molar-refractivity contribution >= 4 is 16.7 Å². The second-order valence-electron chi connectivity index (χ2n) is 4.74. The van der Waals surface area contributed by atoms with Crippen LogP contribution in [0.25, 0.3) is 10.9 Å². The van der Waals surface area contributed by atoms with Crippen molar-refractivity contribution in [2.24, 2.45) is 0 Å². The molecule has 0 atom stereocenters. The van der Waals surface area contributed by atoms with Crippen molar-refractivity contribution in [2.45, 2.75) is 19.3 Å². The second-order valence-corrected chi connectivity index (χ2v) is 4.74. The number of hydrogen-bond acceptors (Lipinski definition) is 2. The zero-order valence-electron chi connectivity index (χ0n) is 8.96. The van der Waals surface area contributed by atoms with E-state index in [2.05, 4.69) is 42.3 Å². The highest BCUT2D eigenvalue weighted by Gasteiger charge is 2.30. The van der Waals surface area contributed by atoms with Gasteiger partial charge in [0.15, 0.2) is 0 Å². The molecule has 1 aromatic carbocycles. The SMILES string of the molecule is CC1(C)CNc2nc3c[c]ccc3cc21. The molecule has 2 heteroatoms. The first-order chi connectivity index (χ1) is 7.17. The molecule has 2 aromatic rings. The number of nitrogens with zero attached hydrogens (tertiary/aromatic N) is 1. The summed E-state index contributed by atoms with van der Waals surface area (Å²) in [5.74, 6) is 1.03. The van der Waals surface area contributed by atoms with E-state index in [1.807, 2.05) is 12.1 Å². The van der Waals surface area contributed by atoms with Crippen LogP contribution >= 0.6 is 0 Å². The molecule has 0 saturated heterocycles. The summed E-state index contributed by atoms with van der Waals surface area (Å²) in [6.07, 6.45) is 0. The maximum atomic E-state index is 4.61. The normalized spacial score (nSPS) is 17.5. The van der Waals surface area contributed by atoms with Crippen molar-refractivity contribution in [3.05, 3.63) is 35.9 Å². The average molecular weight is 197 g/mol. The van der Waals surface area contributed by atoms with E-state index in [4.69, 9.17) is 0 Å². The van der Waals surface area contributed by atoms with E-state index >= 15 is 0 Å². The second kappa shape index (κ2) is 2.72. The Labute approximate surface area is 89.3 Å². The summed E-state index contributed by atoms with van der Waals surface area (Å²) in [4.78, 5) is 4.61. The van der Waals surface area contributed by atoms with Crippen molar-refractivity contribution in [1.29, 1.82) is 0 Å². The molecule has 0 aliphatic carbocycles. The number of benzene rings is 1. The molecular formula is C13H13N2. The van der Waals surface area contributed by atoms with Gasteiger partial charge in [-0.2, -0.15) is 0 Å². The van der Waals surface area contributed by atoms with Crippen LogP contribution in [0, 0.1) is 6.07 Å². The Morgan fingerprint density at radius 1 is 1.47 bits per heavy atom. The summed E-state index contributed by atoms with van der Waals surface area (Å²) in [6, 6.07) is 11.2. The largest absolute Gasteiger partial charge is 0.369 e. The standard InChI is InChI=1S/C13H13N2/c1-13(2)8-14-12-10(13)7-9-5-3-4-6-11(9)15-12/h3,5-7H,8H2,1-2H3,(H,14,15). The lowest BCUT2D eigenvalue weighted by molar-refractivity contribution is 0.586. The van der Waals surface area contributed by atoms with Crippen LogP contribution < -0.4 is 5.32 Å². The van der Waals surface area contributed by atoms with Crippen LogP contribution in [0.3, 0.4) is 0 Å². The van der Waals surface area contributed by atoms with Crippen LogP contribution in [0.4, 0.5) is 5.82 Å². The van der Waals surface area contributed by atoms with Crippen LogP contribution in [0.5, 0.6) is 0 Å². The van der Waals surface area contributed by atoms with Gasteiger partial charge in [-0.1, -0.05) is 26.0 Å². The molecule has 15 heavy (non-hydrogen) atoms. The van der Waals surface area contributed by atoms with Crippen molar-refractivity contribution in [1.82, 2.24) is 4.98 Å². The van der Waals surface area contributed by atoms with Gasteiger partial charge in [0, 0.05) is 22.9 Å². The lowest BCUT2D eigenvalue weighted by atomic mass is 9.87. The maximum Gasteiger partial charge on any atom is 0.130 e. The molecule has 0 amide bonds. The van der Waals surface area contributed by atoms with Crippen LogP contribution in [-0.2, 0) is 5.41 Å². The first-order valence-corrected chi connectivity index (χ1v) is 5.22. The van der Waals surface area contributed by atoms with Gasteiger partial charge in [0.1, 0.15) is 5.82 Å². The van der Waals surface area contributed by atoms with Gasteiger partial charge in [-0.15, -0.1) is 0 Å². The van der Waals surface area contributed by atoms with Gasteiger partial charge in [-0.05, 0) is 18.2 Å². The van der Waals surface area contributed by atoms with E-state index in [9.17, 15) is 0 Å². The average Bonchev–Trinajstić information content (AvgIpc) is 2.52. The summed E-state index contributed by atoms with van der Waals surface area (Å²) in [5.41, 5.74) is 2.53. The first kappa shape index (κ1) is 8.72. The molecule has 0 saturated carbocycles. The van der Waals surface area contributed by atoms with E-state index in [0.717, 1.165) is 17.9 Å². The third-order valence-electron chi connectivity index (χ3n) is 3.09. The fourth-order valence-electron chi connectivity index (χ4n) is 2.11. The summed E-state index contributed by atoms with van der Waals surface area (Å²) >= 11 is 0.